The average molecular weight is 217 g/mol. The topological polar surface area (TPSA) is 12.0 Å². The van der Waals surface area contributed by atoms with Crippen LogP contribution in [0.3, 0.4) is 0 Å². The van der Waals surface area contributed by atoms with Crippen LogP contribution >= 0.6 is 0 Å². The molecule has 88 valence electrons. The molecule has 1 unspecified atom stereocenters. The molecule has 0 aromatic heterocycles. The van der Waals surface area contributed by atoms with E-state index in [0.29, 0.717) is 11.3 Å². The maximum Gasteiger partial charge on any atom is 0.00205 e. The fraction of sp³-hybridized carbons (Fsp3) is 0.600. The molecule has 1 atom stereocenters. The Morgan fingerprint density at radius 1 is 1.25 bits per heavy atom. The fourth-order valence-electron chi connectivity index (χ4n) is 2.66. The zero-order chi connectivity index (χ0) is 11.6. The maximum absolute atomic E-state index is 3.55. The smallest absolute Gasteiger partial charge is 0.00205 e. The summed E-state index contributed by atoms with van der Waals surface area (Å²) in [7, 11) is 0. The summed E-state index contributed by atoms with van der Waals surface area (Å²) in [4.78, 5) is 0. The van der Waals surface area contributed by atoms with E-state index in [9.17, 15) is 0 Å². The van der Waals surface area contributed by atoms with Crippen LogP contribution in [-0.4, -0.2) is 13.1 Å². The minimum atomic E-state index is 0.437. The number of piperidine rings is 1. The first-order valence-corrected chi connectivity index (χ1v) is 6.40. The lowest BCUT2D eigenvalue weighted by atomic mass is 9.77. The first-order valence-electron chi connectivity index (χ1n) is 6.40. The van der Waals surface area contributed by atoms with Gasteiger partial charge in [-0.15, -0.1) is 0 Å². The van der Waals surface area contributed by atoms with Gasteiger partial charge in [-0.05, 0) is 35.3 Å². The Hall–Kier alpha value is -0.820. The summed E-state index contributed by atoms with van der Waals surface area (Å²) < 4.78 is 0. The monoisotopic (exact) mass is 217 g/mol. The van der Waals surface area contributed by atoms with Crippen molar-refractivity contribution in [3.63, 3.8) is 0 Å². The Morgan fingerprint density at radius 3 is 2.50 bits per heavy atom. The number of benzene rings is 1. The molecule has 1 aromatic carbocycles. The Kier molecular flexibility index (Phi) is 3.34. The van der Waals surface area contributed by atoms with Gasteiger partial charge in [-0.1, -0.05) is 45.0 Å². The number of hydrogen-bond acceptors (Lipinski definition) is 1. The zero-order valence-electron chi connectivity index (χ0n) is 10.7. The highest BCUT2D eigenvalue weighted by Gasteiger charge is 2.28. The molecule has 16 heavy (non-hydrogen) atoms. The summed E-state index contributed by atoms with van der Waals surface area (Å²) in [6.45, 7) is 9.20. The molecular weight excluding hydrogens is 194 g/mol. The quantitative estimate of drug-likeness (QED) is 0.801. The first kappa shape index (κ1) is 11.7. The second kappa shape index (κ2) is 4.58. The highest BCUT2D eigenvalue weighted by atomic mass is 14.9. The van der Waals surface area contributed by atoms with E-state index in [1.165, 1.54) is 17.5 Å². The lowest BCUT2D eigenvalue weighted by Crippen LogP contribution is -2.40. The lowest BCUT2D eigenvalue weighted by Gasteiger charge is -2.36. The van der Waals surface area contributed by atoms with Gasteiger partial charge in [-0.3, -0.25) is 0 Å². The summed E-state index contributed by atoms with van der Waals surface area (Å²) >= 11 is 0. The normalized spacial score (nSPS) is 24.3. The van der Waals surface area contributed by atoms with E-state index in [1.54, 1.807) is 0 Å². The highest BCUT2D eigenvalue weighted by Crippen LogP contribution is 2.34. The third-order valence-corrected chi connectivity index (χ3v) is 3.65. The summed E-state index contributed by atoms with van der Waals surface area (Å²) in [5.41, 5.74) is 3.37. The van der Waals surface area contributed by atoms with Crippen molar-refractivity contribution in [3.05, 3.63) is 35.4 Å². The second-order valence-corrected chi connectivity index (χ2v) is 5.79. The van der Waals surface area contributed by atoms with Crippen molar-refractivity contribution >= 4 is 0 Å². The number of hydrogen-bond donors (Lipinski definition) is 1. The second-order valence-electron chi connectivity index (χ2n) is 5.79. The molecule has 1 heterocycles. The summed E-state index contributed by atoms with van der Waals surface area (Å²) in [5, 5.41) is 3.55. The van der Waals surface area contributed by atoms with Crippen molar-refractivity contribution < 1.29 is 0 Å². The molecule has 0 saturated carbocycles. The van der Waals surface area contributed by atoms with E-state index in [0.717, 1.165) is 19.5 Å². The van der Waals surface area contributed by atoms with Crippen LogP contribution in [-0.2, 0) is 6.42 Å². The van der Waals surface area contributed by atoms with Gasteiger partial charge in [-0.2, -0.15) is 0 Å². The highest BCUT2D eigenvalue weighted by molar-refractivity contribution is 5.26. The zero-order valence-corrected chi connectivity index (χ0v) is 10.7. The van der Waals surface area contributed by atoms with E-state index in [2.05, 4.69) is 50.4 Å². The molecule has 1 aliphatic heterocycles. The van der Waals surface area contributed by atoms with Gasteiger partial charge in [0.25, 0.3) is 0 Å². The Morgan fingerprint density at radius 2 is 1.94 bits per heavy atom. The van der Waals surface area contributed by atoms with Gasteiger partial charge in [0.1, 0.15) is 0 Å². The molecule has 0 radical (unpaired) electrons. The van der Waals surface area contributed by atoms with Gasteiger partial charge in [0.05, 0.1) is 0 Å². The maximum atomic E-state index is 3.55. The molecular formula is C15H23N. The van der Waals surface area contributed by atoms with E-state index < -0.39 is 0 Å². The predicted molar refractivity (Wildman–Crippen MR) is 69.8 cm³/mol. The molecule has 1 saturated heterocycles. The van der Waals surface area contributed by atoms with Crippen molar-refractivity contribution in [2.24, 2.45) is 5.41 Å². The molecule has 1 aromatic rings. The van der Waals surface area contributed by atoms with Crippen molar-refractivity contribution in [1.82, 2.24) is 5.32 Å². The van der Waals surface area contributed by atoms with Crippen molar-refractivity contribution in [1.29, 1.82) is 0 Å². The SMILES string of the molecule is CCc1ccc(C2CNCC(C)(C)C2)cc1. The Bertz CT molecular complexity index is 337. The first-order chi connectivity index (χ1) is 7.61. The lowest BCUT2D eigenvalue weighted by molar-refractivity contribution is 0.240. The van der Waals surface area contributed by atoms with Crippen molar-refractivity contribution in [2.75, 3.05) is 13.1 Å². The molecule has 1 fully saturated rings. The Balaban J connectivity index is 2.11. The van der Waals surface area contributed by atoms with E-state index in [-0.39, 0.29) is 0 Å². The summed E-state index contributed by atoms with van der Waals surface area (Å²) in [6.07, 6.45) is 2.43. The molecule has 1 nitrogen and oxygen atoms in total. The van der Waals surface area contributed by atoms with E-state index in [4.69, 9.17) is 0 Å². The molecule has 2 rings (SSSR count). The van der Waals surface area contributed by atoms with Crippen LogP contribution in [0.25, 0.3) is 0 Å². The van der Waals surface area contributed by atoms with Gasteiger partial charge in [0.15, 0.2) is 0 Å². The van der Waals surface area contributed by atoms with Crippen LogP contribution in [0.1, 0.15) is 44.2 Å². The van der Waals surface area contributed by atoms with Crippen molar-refractivity contribution in [2.45, 2.75) is 39.5 Å². The average Bonchev–Trinajstić information content (AvgIpc) is 2.28. The van der Waals surface area contributed by atoms with Crippen molar-refractivity contribution in [3.8, 4) is 0 Å². The van der Waals surface area contributed by atoms with Gasteiger partial charge >= 0.3 is 0 Å². The predicted octanol–water partition coefficient (Wildman–Crippen LogP) is 3.35. The number of rotatable bonds is 2. The molecule has 1 N–H and O–H groups in total. The van der Waals surface area contributed by atoms with Crippen LogP contribution in [0.15, 0.2) is 24.3 Å². The molecule has 1 aliphatic rings. The summed E-state index contributed by atoms with van der Waals surface area (Å²) in [5.74, 6) is 0.689. The Labute approximate surface area is 99.3 Å². The largest absolute Gasteiger partial charge is 0.316 e. The third-order valence-electron chi connectivity index (χ3n) is 3.65. The van der Waals surface area contributed by atoms with Gasteiger partial charge in [0.2, 0.25) is 0 Å². The minimum Gasteiger partial charge on any atom is -0.316 e. The van der Waals surface area contributed by atoms with Crippen LogP contribution < -0.4 is 5.32 Å². The van der Waals surface area contributed by atoms with Gasteiger partial charge in [0, 0.05) is 13.1 Å². The van der Waals surface area contributed by atoms with Gasteiger partial charge in [-0.25, -0.2) is 0 Å². The van der Waals surface area contributed by atoms with Crippen LogP contribution in [0.4, 0.5) is 0 Å². The van der Waals surface area contributed by atoms with Crippen LogP contribution in [0.5, 0.6) is 0 Å². The van der Waals surface area contributed by atoms with Crippen LogP contribution in [0, 0.1) is 5.41 Å². The minimum absolute atomic E-state index is 0.437. The number of nitrogens with one attached hydrogen (secondary N) is 1. The van der Waals surface area contributed by atoms with Gasteiger partial charge < -0.3 is 5.32 Å². The fourth-order valence-corrected chi connectivity index (χ4v) is 2.66. The third kappa shape index (κ3) is 2.65. The van der Waals surface area contributed by atoms with E-state index in [1.807, 2.05) is 0 Å². The standard InChI is InChI=1S/C15H23N/c1-4-12-5-7-13(8-6-12)14-9-15(2,3)11-16-10-14/h5-8,14,16H,4,9-11H2,1-3H3. The molecule has 0 aliphatic carbocycles. The molecule has 1 heteroatoms. The number of aryl methyl sites for hydroxylation is 1. The molecule has 0 spiro atoms. The molecule has 0 amide bonds. The van der Waals surface area contributed by atoms with Crippen LogP contribution in [0.2, 0.25) is 0 Å². The molecule has 0 bridgehead atoms. The summed E-state index contributed by atoms with van der Waals surface area (Å²) in [6, 6.07) is 9.17. The van der Waals surface area contributed by atoms with E-state index >= 15 is 0 Å².